The maximum Gasteiger partial charge on any atom is 0.158 e. The van der Waals surface area contributed by atoms with Crippen LogP contribution >= 0.6 is 0 Å². The first kappa shape index (κ1) is 16.0. The smallest absolute Gasteiger partial charge is 0.158 e. The van der Waals surface area contributed by atoms with Crippen molar-refractivity contribution in [3.8, 4) is 17.2 Å². The highest BCUT2D eigenvalue weighted by atomic mass is 16.5. The molecule has 7 nitrogen and oxygen atoms in total. The highest BCUT2D eigenvalue weighted by Gasteiger charge is 2.15. The normalized spacial score (nSPS) is 10.9. The minimum absolute atomic E-state index is 0.639. The SMILES string of the molecule is COc1ccc(OC)c(Nc2ncnc3c2[nH]c2cccc(OC)c23)c1. The zero-order valence-corrected chi connectivity index (χ0v) is 14.7. The van der Waals surface area contributed by atoms with Crippen LogP contribution in [0.5, 0.6) is 17.2 Å². The highest BCUT2D eigenvalue weighted by molar-refractivity contribution is 6.11. The maximum atomic E-state index is 5.48. The molecule has 0 fully saturated rings. The summed E-state index contributed by atoms with van der Waals surface area (Å²) in [4.78, 5) is 12.2. The van der Waals surface area contributed by atoms with E-state index < -0.39 is 0 Å². The molecule has 2 aromatic carbocycles. The van der Waals surface area contributed by atoms with E-state index in [9.17, 15) is 0 Å². The van der Waals surface area contributed by atoms with Gasteiger partial charge in [-0.05, 0) is 24.3 Å². The molecule has 26 heavy (non-hydrogen) atoms. The van der Waals surface area contributed by atoms with Gasteiger partial charge in [-0.1, -0.05) is 6.07 Å². The quantitative estimate of drug-likeness (QED) is 0.568. The molecule has 0 unspecified atom stereocenters. The molecule has 2 N–H and O–H groups in total. The van der Waals surface area contributed by atoms with Crippen molar-refractivity contribution >= 4 is 33.4 Å². The van der Waals surface area contributed by atoms with Crippen LogP contribution in [0, 0.1) is 0 Å². The first-order valence-electron chi connectivity index (χ1n) is 8.03. The minimum atomic E-state index is 0.639. The first-order valence-corrected chi connectivity index (χ1v) is 8.03. The van der Waals surface area contributed by atoms with E-state index in [-0.39, 0.29) is 0 Å². The molecule has 0 amide bonds. The summed E-state index contributed by atoms with van der Waals surface area (Å²) < 4.78 is 16.2. The molecule has 7 heteroatoms. The Morgan fingerprint density at radius 3 is 2.54 bits per heavy atom. The number of methoxy groups -OCH3 is 3. The number of rotatable bonds is 5. The van der Waals surface area contributed by atoms with Crippen LogP contribution in [0.3, 0.4) is 0 Å². The number of aromatic nitrogens is 3. The van der Waals surface area contributed by atoms with Crippen molar-refractivity contribution in [1.29, 1.82) is 0 Å². The fourth-order valence-electron chi connectivity index (χ4n) is 3.01. The second kappa shape index (κ2) is 6.44. The van der Waals surface area contributed by atoms with Crippen LogP contribution in [0.25, 0.3) is 21.9 Å². The molecule has 132 valence electrons. The van der Waals surface area contributed by atoms with Crippen molar-refractivity contribution in [2.24, 2.45) is 0 Å². The van der Waals surface area contributed by atoms with Gasteiger partial charge in [0.25, 0.3) is 0 Å². The first-order chi connectivity index (χ1) is 12.7. The topological polar surface area (TPSA) is 81.3 Å². The van der Waals surface area contributed by atoms with Gasteiger partial charge >= 0.3 is 0 Å². The van der Waals surface area contributed by atoms with Gasteiger partial charge in [-0.3, -0.25) is 0 Å². The summed E-state index contributed by atoms with van der Waals surface area (Å²) in [5.74, 6) is 2.81. The number of anilines is 2. The molecule has 2 aromatic heterocycles. The van der Waals surface area contributed by atoms with Crippen LogP contribution in [0.15, 0.2) is 42.7 Å². The molecule has 2 heterocycles. The summed E-state index contributed by atoms with van der Waals surface area (Å²) in [6, 6.07) is 11.4. The van der Waals surface area contributed by atoms with Gasteiger partial charge in [0.1, 0.15) is 34.6 Å². The van der Waals surface area contributed by atoms with Crippen molar-refractivity contribution in [2.45, 2.75) is 0 Å². The third-order valence-corrected chi connectivity index (χ3v) is 4.25. The number of H-pyrrole nitrogens is 1. The van der Waals surface area contributed by atoms with Crippen LogP contribution in [-0.4, -0.2) is 36.3 Å². The largest absolute Gasteiger partial charge is 0.497 e. The van der Waals surface area contributed by atoms with E-state index in [1.54, 1.807) is 21.3 Å². The summed E-state index contributed by atoms with van der Waals surface area (Å²) in [7, 11) is 4.89. The summed E-state index contributed by atoms with van der Waals surface area (Å²) in [6.07, 6.45) is 1.52. The Balaban J connectivity index is 1.88. The fourth-order valence-corrected chi connectivity index (χ4v) is 3.01. The molecule has 0 saturated heterocycles. The molecule has 4 rings (SSSR count). The number of nitrogens with zero attached hydrogens (tertiary/aromatic N) is 2. The predicted octanol–water partition coefficient (Wildman–Crippen LogP) is 3.88. The Morgan fingerprint density at radius 2 is 1.77 bits per heavy atom. The van der Waals surface area contributed by atoms with Gasteiger partial charge < -0.3 is 24.5 Å². The second-order valence-corrected chi connectivity index (χ2v) is 5.64. The number of hydrogen-bond donors (Lipinski definition) is 2. The Labute approximate surface area is 149 Å². The number of aromatic amines is 1. The monoisotopic (exact) mass is 350 g/mol. The molecule has 0 aliphatic carbocycles. The van der Waals surface area contributed by atoms with Crippen molar-refractivity contribution in [3.05, 3.63) is 42.7 Å². The Bertz CT molecular complexity index is 1090. The van der Waals surface area contributed by atoms with E-state index in [1.807, 2.05) is 36.4 Å². The lowest BCUT2D eigenvalue weighted by Gasteiger charge is -2.12. The van der Waals surface area contributed by atoms with Gasteiger partial charge in [-0.25, -0.2) is 9.97 Å². The standard InChI is InChI=1S/C19H18N4O3/c1-24-11-7-8-14(25-2)13(9-11)23-19-18-17(20-10-21-19)16-12(22-18)5-4-6-15(16)26-3/h4-10,22H,1-3H3,(H,20,21,23). The molecule has 4 aromatic rings. The van der Waals surface area contributed by atoms with E-state index in [2.05, 4.69) is 20.3 Å². The molecular formula is C19H18N4O3. The maximum absolute atomic E-state index is 5.48. The second-order valence-electron chi connectivity index (χ2n) is 5.64. The highest BCUT2D eigenvalue weighted by Crippen LogP contribution is 2.36. The van der Waals surface area contributed by atoms with Crippen LogP contribution < -0.4 is 19.5 Å². The summed E-state index contributed by atoms with van der Waals surface area (Å²) in [5.41, 5.74) is 3.26. The van der Waals surface area contributed by atoms with Crippen molar-refractivity contribution in [3.63, 3.8) is 0 Å². The van der Waals surface area contributed by atoms with Crippen LogP contribution in [-0.2, 0) is 0 Å². The number of fused-ring (bicyclic) bond motifs is 3. The van der Waals surface area contributed by atoms with E-state index in [0.717, 1.165) is 39.1 Å². The molecule has 0 bridgehead atoms. The summed E-state index contributed by atoms with van der Waals surface area (Å²) in [5, 5.41) is 4.24. The van der Waals surface area contributed by atoms with Gasteiger partial charge in [-0.2, -0.15) is 0 Å². The number of benzene rings is 2. The number of nitrogens with one attached hydrogen (secondary N) is 2. The van der Waals surface area contributed by atoms with Gasteiger partial charge in [0.2, 0.25) is 0 Å². The zero-order chi connectivity index (χ0) is 18.1. The molecular weight excluding hydrogens is 332 g/mol. The van der Waals surface area contributed by atoms with E-state index in [4.69, 9.17) is 14.2 Å². The lowest BCUT2D eigenvalue weighted by molar-refractivity contribution is 0.405. The molecule has 0 saturated carbocycles. The van der Waals surface area contributed by atoms with E-state index in [1.165, 1.54) is 6.33 Å². The average molecular weight is 350 g/mol. The van der Waals surface area contributed by atoms with Gasteiger partial charge in [0, 0.05) is 6.07 Å². The zero-order valence-electron chi connectivity index (χ0n) is 14.7. The summed E-state index contributed by atoms with van der Waals surface area (Å²) >= 11 is 0. The van der Waals surface area contributed by atoms with Crippen molar-refractivity contribution in [1.82, 2.24) is 15.0 Å². The lowest BCUT2D eigenvalue weighted by atomic mass is 10.2. The van der Waals surface area contributed by atoms with Crippen LogP contribution in [0.1, 0.15) is 0 Å². The number of hydrogen-bond acceptors (Lipinski definition) is 6. The molecule has 0 spiro atoms. The minimum Gasteiger partial charge on any atom is -0.497 e. The summed E-state index contributed by atoms with van der Waals surface area (Å²) in [6.45, 7) is 0. The Hall–Kier alpha value is -3.48. The van der Waals surface area contributed by atoms with Crippen LogP contribution in [0.4, 0.5) is 11.5 Å². The van der Waals surface area contributed by atoms with Gasteiger partial charge in [0.15, 0.2) is 5.82 Å². The predicted molar refractivity (Wildman–Crippen MR) is 101 cm³/mol. The third-order valence-electron chi connectivity index (χ3n) is 4.25. The van der Waals surface area contributed by atoms with E-state index >= 15 is 0 Å². The third kappa shape index (κ3) is 2.54. The molecule has 0 aliphatic heterocycles. The van der Waals surface area contributed by atoms with Crippen molar-refractivity contribution < 1.29 is 14.2 Å². The van der Waals surface area contributed by atoms with Crippen LogP contribution in [0.2, 0.25) is 0 Å². The lowest BCUT2D eigenvalue weighted by Crippen LogP contribution is -1.99. The van der Waals surface area contributed by atoms with E-state index in [0.29, 0.717) is 11.6 Å². The molecule has 0 atom stereocenters. The van der Waals surface area contributed by atoms with Gasteiger partial charge in [0.05, 0.1) is 37.9 Å². The molecule has 0 radical (unpaired) electrons. The fraction of sp³-hybridized carbons (Fsp3) is 0.158. The van der Waals surface area contributed by atoms with Crippen molar-refractivity contribution in [2.75, 3.05) is 26.6 Å². The average Bonchev–Trinajstić information content (AvgIpc) is 3.07. The number of ether oxygens (including phenoxy) is 3. The Kier molecular flexibility index (Phi) is 3.96. The Morgan fingerprint density at radius 1 is 0.923 bits per heavy atom. The van der Waals surface area contributed by atoms with Gasteiger partial charge in [-0.15, -0.1) is 0 Å². The molecule has 0 aliphatic rings.